The van der Waals surface area contributed by atoms with Crippen molar-refractivity contribution in [3.05, 3.63) is 21.3 Å². The molecule has 1 aromatic heterocycles. The first-order valence-corrected chi connectivity index (χ1v) is 7.48. The Balaban J connectivity index is 0.00000162. The molecule has 18 heavy (non-hydrogen) atoms. The topological polar surface area (TPSA) is 15.3 Å². The van der Waals surface area contributed by atoms with Gasteiger partial charge in [-0.25, -0.2) is 0 Å². The van der Waals surface area contributed by atoms with Crippen molar-refractivity contribution in [2.24, 2.45) is 5.41 Å². The molecule has 2 rings (SSSR count). The van der Waals surface area contributed by atoms with Gasteiger partial charge in [0, 0.05) is 24.5 Å². The van der Waals surface area contributed by atoms with Crippen LogP contribution in [0.1, 0.15) is 25.1 Å². The minimum absolute atomic E-state index is 0. The number of hydrogen-bond acceptors (Lipinski definition) is 3. The molecule has 0 spiro atoms. The lowest BCUT2D eigenvalue weighted by Crippen LogP contribution is -2.36. The van der Waals surface area contributed by atoms with E-state index in [0.29, 0.717) is 5.41 Å². The second kappa shape index (κ2) is 7.11. The van der Waals surface area contributed by atoms with E-state index in [1.165, 1.54) is 24.4 Å². The molecule has 0 aromatic carbocycles. The van der Waals surface area contributed by atoms with Crippen LogP contribution in [-0.4, -0.2) is 31.1 Å². The minimum atomic E-state index is 0. The molecule has 1 aromatic rings. The maximum Gasteiger partial charge on any atom is 0.0931 e. The summed E-state index contributed by atoms with van der Waals surface area (Å²) < 4.78 is 0.893. The highest BCUT2D eigenvalue weighted by Crippen LogP contribution is 2.28. The first-order chi connectivity index (χ1) is 8.11. The quantitative estimate of drug-likeness (QED) is 0.893. The number of halogens is 2. The van der Waals surface area contributed by atoms with Gasteiger partial charge >= 0.3 is 0 Å². The fourth-order valence-corrected chi connectivity index (χ4v) is 3.61. The SMILES string of the molecule is CCN(Cc1ccc(Cl)s1)CC1(C)CCNC1.Cl. The summed E-state index contributed by atoms with van der Waals surface area (Å²) in [6.45, 7) is 10.2. The van der Waals surface area contributed by atoms with Gasteiger partial charge in [-0.05, 0) is 37.1 Å². The van der Waals surface area contributed by atoms with Crippen LogP contribution in [0.5, 0.6) is 0 Å². The Kier molecular flexibility index (Phi) is 6.42. The van der Waals surface area contributed by atoms with Crippen molar-refractivity contribution in [1.82, 2.24) is 10.2 Å². The molecule has 1 saturated heterocycles. The summed E-state index contributed by atoms with van der Waals surface area (Å²) in [7, 11) is 0. The van der Waals surface area contributed by atoms with Gasteiger partial charge in [0.15, 0.2) is 0 Å². The second-order valence-electron chi connectivity index (χ2n) is 5.25. The van der Waals surface area contributed by atoms with Crippen molar-refractivity contribution in [2.45, 2.75) is 26.8 Å². The molecule has 104 valence electrons. The zero-order valence-corrected chi connectivity index (χ0v) is 13.4. The predicted molar refractivity (Wildman–Crippen MR) is 83.1 cm³/mol. The van der Waals surface area contributed by atoms with E-state index in [-0.39, 0.29) is 12.4 Å². The lowest BCUT2D eigenvalue weighted by atomic mass is 9.89. The highest BCUT2D eigenvalue weighted by atomic mass is 35.5. The first kappa shape index (κ1) is 16.3. The van der Waals surface area contributed by atoms with E-state index < -0.39 is 0 Å². The smallest absolute Gasteiger partial charge is 0.0931 e. The summed E-state index contributed by atoms with van der Waals surface area (Å²) in [6, 6.07) is 4.14. The van der Waals surface area contributed by atoms with E-state index in [9.17, 15) is 0 Å². The molecule has 0 saturated carbocycles. The van der Waals surface area contributed by atoms with Crippen molar-refractivity contribution in [2.75, 3.05) is 26.2 Å². The Morgan fingerprint density at radius 1 is 1.50 bits per heavy atom. The van der Waals surface area contributed by atoms with Gasteiger partial charge in [0.2, 0.25) is 0 Å². The monoisotopic (exact) mass is 308 g/mol. The van der Waals surface area contributed by atoms with Crippen LogP contribution in [0, 0.1) is 5.41 Å². The first-order valence-electron chi connectivity index (χ1n) is 6.29. The van der Waals surface area contributed by atoms with Gasteiger partial charge in [-0.3, -0.25) is 4.90 Å². The van der Waals surface area contributed by atoms with Crippen molar-refractivity contribution < 1.29 is 0 Å². The van der Waals surface area contributed by atoms with Crippen LogP contribution in [0.25, 0.3) is 0 Å². The summed E-state index contributed by atoms with van der Waals surface area (Å²) in [5.41, 5.74) is 0.442. The molecule has 1 aliphatic rings. The van der Waals surface area contributed by atoms with Gasteiger partial charge in [0.1, 0.15) is 0 Å². The van der Waals surface area contributed by atoms with E-state index in [4.69, 9.17) is 11.6 Å². The highest BCUT2D eigenvalue weighted by Gasteiger charge is 2.30. The predicted octanol–water partition coefficient (Wildman–Crippen LogP) is 3.64. The molecule has 1 aliphatic heterocycles. The van der Waals surface area contributed by atoms with Crippen LogP contribution in [0.15, 0.2) is 12.1 Å². The third kappa shape index (κ3) is 4.39. The Morgan fingerprint density at radius 2 is 2.28 bits per heavy atom. The van der Waals surface area contributed by atoms with Crippen LogP contribution in [0.3, 0.4) is 0 Å². The molecule has 0 bridgehead atoms. The zero-order chi connectivity index (χ0) is 12.3. The van der Waals surface area contributed by atoms with Gasteiger partial charge in [-0.1, -0.05) is 25.4 Å². The maximum absolute atomic E-state index is 5.97. The van der Waals surface area contributed by atoms with Crippen LogP contribution in [0.4, 0.5) is 0 Å². The molecule has 1 N–H and O–H groups in total. The zero-order valence-electron chi connectivity index (χ0n) is 11.0. The number of nitrogens with one attached hydrogen (secondary N) is 1. The van der Waals surface area contributed by atoms with Gasteiger partial charge in [-0.2, -0.15) is 0 Å². The Hall–Kier alpha value is 0.200. The normalized spacial score (nSPS) is 23.3. The molecule has 2 nitrogen and oxygen atoms in total. The summed E-state index contributed by atoms with van der Waals surface area (Å²) in [6.07, 6.45) is 1.29. The lowest BCUT2D eigenvalue weighted by molar-refractivity contribution is 0.179. The van der Waals surface area contributed by atoms with Crippen molar-refractivity contribution in [3.8, 4) is 0 Å². The molecule has 1 fully saturated rings. The van der Waals surface area contributed by atoms with Gasteiger partial charge in [0.05, 0.1) is 4.34 Å². The fourth-order valence-electron chi connectivity index (χ4n) is 2.48. The Labute approximate surface area is 125 Å². The third-order valence-corrected chi connectivity index (χ3v) is 4.73. The second-order valence-corrected chi connectivity index (χ2v) is 7.05. The standard InChI is InChI=1S/C13H21ClN2S.ClH/c1-3-16(8-11-4-5-12(14)17-11)10-13(2)6-7-15-9-13;/h4-5,15H,3,6-10H2,1-2H3;1H. The van der Waals surface area contributed by atoms with E-state index in [2.05, 4.69) is 30.1 Å². The average molecular weight is 309 g/mol. The summed E-state index contributed by atoms with van der Waals surface area (Å²) in [5.74, 6) is 0. The van der Waals surface area contributed by atoms with Crippen molar-refractivity contribution in [3.63, 3.8) is 0 Å². The van der Waals surface area contributed by atoms with Gasteiger partial charge in [-0.15, -0.1) is 23.7 Å². The summed E-state index contributed by atoms with van der Waals surface area (Å²) in [4.78, 5) is 3.89. The molecule has 0 amide bonds. The van der Waals surface area contributed by atoms with Gasteiger partial charge < -0.3 is 5.32 Å². The van der Waals surface area contributed by atoms with Crippen molar-refractivity contribution in [1.29, 1.82) is 0 Å². The fraction of sp³-hybridized carbons (Fsp3) is 0.692. The molecule has 1 atom stereocenters. The molecule has 0 aliphatic carbocycles. The molecule has 0 radical (unpaired) electrons. The Bertz CT molecular complexity index is 362. The van der Waals surface area contributed by atoms with E-state index >= 15 is 0 Å². The average Bonchev–Trinajstić information content (AvgIpc) is 2.87. The number of hydrogen-bond donors (Lipinski definition) is 1. The minimum Gasteiger partial charge on any atom is -0.316 e. The van der Waals surface area contributed by atoms with Crippen LogP contribution in [0.2, 0.25) is 4.34 Å². The number of nitrogens with zero attached hydrogens (tertiary/aromatic N) is 1. The van der Waals surface area contributed by atoms with Crippen LogP contribution < -0.4 is 5.32 Å². The van der Waals surface area contributed by atoms with Crippen LogP contribution >= 0.6 is 35.3 Å². The Morgan fingerprint density at radius 3 is 2.78 bits per heavy atom. The highest BCUT2D eigenvalue weighted by molar-refractivity contribution is 7.16. The molecular formula is C13H22Cl2N2S. The molecular weight excluding hydrogens is 287 g/mol. The molecule has 2 heterocycles. The van der Waals surface area contributed by atoms with E-state index in [1.807, 2.05) is 6.07 Å². The van der Waals surface area contributed by atoms with E-state index in [0.717, 1.165) is 24.0 Å². The number of thiophene rings is 1. The maximum atomic E-state index is 5.97. The van der Waals surface area contributed by atoms with Crippen molar-refractivity contribution >= 4 is 35.3 Å². The summed E-state index contributed by atoms with van der Waals surface area (Å²) in [5, 5.41) is 3.47. The van der Waals surface area contributed by atoms with Crippen LogP contribution in [-0.2, 0) is 6.54 Å². The molecule has 5 heteroatoms. The summed E-state index contributed by atoms with van der Waals surface area (Å²) >= 11 is 7.67. The largest absolute Gasteiger partial charge is 0.316 e. The van der Waals surface area contributed by atoms with E-state index in [1.54, 1.807) is 11.3 Å². The lowest BCUT2D eigenvalue weighted by Gasteiger charge is -2.30. The molecule has 1 unspecified atom stereocenters. The number of rotatable bonds is 5. The third-order valence-electron chi connectivity index (χ3n) is 3.52. The van der Waals surface area contributed by atoms with Gasteiger partial charge in [0.25, 0.3) is 0 Å².